The topological polar surface area (TPSA) is 72.5 Å². The van der Waals surface area contributed by atoms with Crippen molar-refractivity contribution in [1.29, 1.82) is 0 Å². The highest BCUT2D eigenvalue weighted by Crippen LogP contribution is 2.20. The van der Waals surface area contributed by atoms with Crippen LogP contribution < -0.4 is 5.32 Å². The quantitative estimate of drug-likeness (QED) is 0.778. The highest BCUT2D eigenvalue weighted by atomic mass is 32.2. The van der Waals surface area contributed by atoms with Gasteiger partial charge in [-0.25, -0.2) is 8.42 Å². The van der Waals surface area contributed by atoms with Crippen molar-refractivity contribution in [3.63, 3.8) is 0 Å². The number of Topliss-reactive ketones (excluding diaryl/α,β-unsaturated/α-hetero) is 1. The summed E-state index contributed by atoms with van der Waals surface area (Å²) in [5, 5.41) is 3.32. The molecule has 0 aromatic heterocycles. The van der Waals surface area contributed by atoms with Crippen molar-refractivity contribution < 1.29 is 17.9 Å². The van der Waals surface area contributed by atoms with Crippen molar-refractivity contribution in [2.75, 3.05) is 19.4 Å². The van der Waals surface area contributed by atoms with Gasteiger partial charge in [0.15, 0.2) is 15.6 Å². The number of ether oxygens (including phenoxy) is 1. The number of hydrogen-bond acceptors (Lipinski definition) is 5. The monoisotopic (exact) mass is 339 g/mol. The lowest BCUT2D eigenvalue weighted by Crippen LogP contribution is -2.44. The van der Waals surface area contributed by atoms with E-state index < -0.39 is 21.5 Å². The SMILES string of the molecule is CO[C@@H]([C@@H]1CCCN1)[C@@H](C)C(=O)CS(=O)(=O)Cc1ccccc1. The summed E-state index contributed by atoms with van der Waals surface area (Å²) < 4.78 is 30.0. The Morgan fingerprint density at radius 1 is 1.35 bits per heavy atom. The first-order valence-corrected chi connectivity index (χ1v) is 9.78. The maximum absolute atomic E-state index is 12.4. The molecule has 1 saturated heterocycles. The summed E-state index contributed by atoms with van der Waals surface area (Å²) >= 11 is 0. The van der Waals surface area contributed by atoms with Gasteiger partial charge in [-0.2, -0.15) is 0 Å². The van der Waals surface area contributed by atoms with Crippen molar-refractivity contribution in [2.45, 2.75) is 37.7 Å². The molecule has 2 rings (SSSR count). The number of carbonyl (C=O) groups is 1. The average Bonchev–Trinajstić information content (AvgIpc) is 3.02. The molecule has 1 aliphatic rings. The van der Waals surface area contributed by atoms with Crippen LogP contribution in [-0.2, 0) is 25.1 Å². The Kier molecular flexibility index (Phi) is 6.33. The maximum Gasteiger partial charge on any atom is 0.161 e. The first-order valence-electron chi connectivity index (χ1n) is 7.96. The highest BCUT2D eigenvalue weighted by molar-refractivity contribution is 7.91. The predicted molar refractivity (Wildman–Crippen MR) is 89.9 cm³/mol. The summed E-state index contributed by atoms with van der Waals surface area (Å²) in [4.78, 5) is 12.4. The Bertz CT molecular complexity index is 609. The number of carbonyl (C=O) groups excluding carboxylic acids is 1. The zero-order valence-electron chi connectivity index (χ0n) is 13.7. The molecule has 0 radical (unpaired) electrons. The molecule has 128 valence electrons. The van der Waals surface area contributed by atoms with Crippen LogP contribution in [0.3, 0.4) is 0 Å². The molecule has 23 heavy (non-hydrogen) atoms. The van der Waals surface area contributed by atoms with Gasteiger partial charge in [-0.05, 0) is 24.9 Å². The fourth-order valence-electron chi connectivity index (χ4n) is 3.12. The standard InChI is InChI=1S/C17H25NO4S/c1-13(17(22-2)15-9-6-10-18-15)16(19)12-23(20,21)11-14-7-4-3-5-8-14/h3-5,7-8,13,15,17-18H,6,9-12H2,1-2H3/t13-,15-,17+/m0/s1. The van der Waals surface area contributed by atoms with Crippen LogP contribution in [0.25, 0.3) is 0 Å². The van der Waals surface area contributed by atoms with E-state index in [1.807, 2.05) is 6.07 Å². The first kappa shape index (κ1) is 18.1. The van der Waals surface area contributed by atoms with Crippen molar-refractivity contribution in [3.8, 4) is 0 Å². The number of hydrogen-bond donors (Lipinski definition) is 1. The molecule has 5 nitrogen and oxygen atoms in total. The third kappa shape index (κ3) is 5.12. The van der Waals surface area contributed by atoms with E-state index in [4.69, 9.17) is 4.74 Å². The van der Waals surface area contributed by atoms with Gasteiger partial charge >= 0.3 is 0 Å². The van der Waals surface area contributed by atoms with E-state index in [1.54, 1.807) is 38.3 Å². The molecule has 1 heterocycles. The van der Waals surface area contributed by atoms with Crippen LogP contribution in [0.15, 0.2) is 30.3 Å². The van der Waals surface area contributed by atoms with Crippen LogP contribution in [0.4, 0.5) is 0 Å². The second kappa shape index (κ2) is 8.04. The van der Waals surface area contributed by atoms with Gasteiger partial charge in [0.1, 0.15) is 5.75 Å². The van der Waals surface area contributed by atoms with E-state index in [1.165, 1.54) is 0 Å². The van der Waals surface area contributed by atoms with Crippen molar-refractivity contribution in [3.05, 3.63) is 35.9 Å². The maximum atomic E-state index is 12.4. The number of rotatable bonds is 8. The number of sulfone groups is 1. The number of ketones is 1. The van der Waals surface area contributed by atoms with Crippen LogP contribution in [-0.4, -0.2) is 45.8 Å². The fourth-order valence-corrected chi connectivity index (χ4v) is 4.62. The largest absolute Gasteiger partial charge is 0.379 e. The first-order chi connectivity index (χ1) is 10.9. The van der Waals surface area contributed by atoms with E-state index in [2.05, 4.69) is 5.32 Å². The van der Waals surface area contributed by atoms with Crippen LogP contribution in [0.5, 0.6) is 0 Å². The molecule has 1 aromatic carbocycles. The summed E-state index contributed by atoms with van der Waals surface area (Å²) in [6, 6.07) is 9.05. The molecule has 6 heteroatoms. The van der Waals surface area contributed by atoms with Gasteiger partial charge in [0.05, 0.1) is 11.9 Å². The number of nitrogens with one attached hydrogen (secondary N) is 1. The van der Waals surface area contributed by atoms with Gasteiger partial charge in [-0.1, -0.05) is 37.3 Å². The van der Waals surface area contributed by atoms with Crippen molar-refractivity contribution in [1.82, 2.24) is 5.32 Å². The average molecular weight is 339 g/mol. The Morgan fingerprint density at radius 2 is 2.04 bits per heavy atom. The minimum Gasteiger partial charge on any atom is -0.379 e. The van der Waals surface area contributed by atoms with Gasteiger partial charge in [0, 0.05) is 19.1 Å². The minimum absolute atomic E-state index is 0.106. The third-order valence-corrected chi connectivity index (χ3v) is 5.86. The van der Waals surface area contributed by atoms with Gasteiger partial charge < -0.3 is 10.1 Å². The van der Waals surface area contributed by atoms with Gasteiger partial charge in [-0.3, -0.25) is 4.79 Å². The van der Waals surface area contributed by atoms with Crippen molar-refractivity contribution in [2.24, 2.45) is 5.92 Å². The molecule has 1 aromatic rings. The molecule has 0 spiro atoms. The molecule has 1 aliphatic heterocycles. The summed E-state index contributed by atoms with van der Waals surface area (Å²) in [6.07, 6.45) is 1.72. The molecule has 1 N–H and O–H groups in total. The van der Waals surface area contributed by atoms with E-state index in [9.17, 15) is 13.2 Å². The molecular weight excluding hydrogens is 314 g/mol. The smallest absolute Gasteiger partial charge is 0.161 e. The predicted octanol–water partition coefficient (Wildman–Crippen LogP) is 1.57. The normalized spacial score (nSPS) is 21.0. The molecule has 0 unspecified atom stereocenters. The lowest BCUT2D eigenvalue weighted by atomic mass is 9.93. The Balaban J connectivity index is 1.98. The Morgan fingerprint density at radius 3 is 2.61 bits per heavy atom. The molecule has 0 bridgehead atoms. The fraction of sp³-hybridized carbons (Fsp3) is 0.588. The lowest BCUT2D eigenvalue weighted by molar-refractivity contribution is -0.124. The lowest BCUT2D eigenvalue weighted by Gasteiger charge is -2.27. The van der Waals surface area contributed by atoms with Crippen LogP contribution >= 0.6 is 0 Å². The molecule has 1 fully saturated rings. The van der Waals surface area contributed by atoms with Crippen molar-refractivity contribution >= 4 is 15.6 Å². The molecule has 0 amide bonds. The summed E-state index contributed by atoms with van der Waals surface area (Å²) in [7, 11) is -1.89. The Hall–Kier alpha value is -1.24. The minimum atomic E-state index is -3.47. The zero-order chi connectivity index (χ0) is 16.9. The Labute approximate surface area is 138 Å². The second-order valence-corrected chi connectivity index (χ2v) is 8.24. The van der Waals surface area contributed by atoms with Crippen LogP contribution in [0.1, 0.15) is 25.3 Å². The highest BCUT2D eigenvalue weighted by Gasteiger charge is 2.34. The summed E-state index contributed by atoms with van der Waals surface area (Å²) in [5.41, 5.74) is 0.703. The van der Waals surface area contributed by atoms with Gasteiger partial charge in [0.25, 0.3) is 0 Å². The molecule has 3 atom stereocenters. The number of benzene rings is 1. The van der Waals surface area contributed by atoms with Crippen LogP contribution in [0.2, 0.25) is 0 Å². The molecule has 0 saturated carbocycles. The van der Waals surface area contributed by atoms with Gasteiger partial charge in [-0.15, -0.1) is 0 Å². The molecular formula is C17H25NO4S. The van der Waals surface area contributed by atoms with Crippen LogP contribution in [0, 0.1) is 5.92 Å². The summed E-state index contributed by atoms with van der Waals surface area (Å²) in [6.45, 7) is 2.67. The second-order valence-electron chi connectivity index (χ2n) is 6.18. The zero-order valence-corrected chi connectivity index (χ0v) is 14.5. The van der Waals surface area contributed by atoms with Gasteiger partial charge in [0.2, 0.25) is 0 Å². The number of methoxy groups -OCH3 is 1. The third-order valence-electron chi connectivity index (χ3n) is 4.36. The van der Waals surface area contributed by atoms with E-state index in [0.717, 1.165) is 19.4 Å². The van der Waals surface area contributed by atoms with E-state index in [-0.39, 0.29) is 23.7 Å². The van der Waals surface area contributed by atoms with E-state index >= 15 is 0 Å². The summed E-state index contributed by atoms with van der Waals surface area (Å²) in [5.74, 6) is -1.26. The van der Waals surface area contributed by atoms with E-state index in [0.29, 0.717) is 5.56 Å². The molecule has 0 aliphatic carbocycles.